The molecule has 0 heterocycles. The van der Waals surface area contributed by atoms with Gasteiger partial charge < -0.3 is 5.32 Å². The highest BCUT2D eigenvalue weighted by molar-refractivity contribution is 9.11. The molecule has 0 radical (unpaired) electrons. The van der Waals surface area contributed by atoms with Crippen molar-refractivity contribution in [1.29, 1.82) is 0 Å². The number of hydrogen-bond donors (Lipinski definition) is 1. The minimum Gasteiger partial charge on any atom is -0.377 e. The lowest BCUT2D eigenvalue weighted by Crippen LogP contribution is -2.08. The zero-order chi connectivity index (χ0) is 14.9. The molecule has 0 amide bonds. The molecule has 0 fully saturated rings. The fraction of sp³-hybridized carbons (Fsp3) is 0.294. The van der Waals surface area contributed by atoms with Crippen LogP contribution in [0.4, 0.5) is 5.69 Å². The van der Waals surface area contributed by atoms with E-state index in [-0.39, 0.29) is 6.04 Å². The number of halogens is 2. The third kappa shape index (κ3) is 3.44. The van der Waals surface area contributed by atoms with E-state index in [1.54, 1.807) is 0 Å². The highest BCUT2D eigenvalue weighted by Crippen LogP contribution is 2.35. The first-order chi connectivity index (χ1) is 9.38. The number of nitrogens with one attached hydrogen (secondary N) is 1. The Balaban J connectivity index is 2.27. The zero-order valence-corrected chi connectivity index (χ0v) is 15.4. The van der Waals surface area contributed by atoms with Crippen molar-refractivity contribution in [1.82, 2.24) is 0 Å². The molecule has 2 rings (SSSR count). The maximum Gasteiger partial charge on any atom is 0.0633 e. The van der Waals surface area contributed by atoms with Crippen LogP contribution in [0, 0.1) is 20.8 Å². The standard InChI is InChI=1S/C17H19Br2N/c1-10-7-15(18)17(16(19)8-10)20-13(4)14-6-5-11(2)12(3)9-14/h5-9,13,20H,1-4H3. The van der Waals surface area contributed by atoms with Crippen molar-refractivity contribution in [2.24, 2.45) is 0 Å². The van der Waals surface area contributed by atoms with Crippen molar-refractivity contribution >= 4 is 37.5 Å². The predicted octanol–water partition coefficient (Wildman–Crippen LogP) is 6.31. The fourth-order valence-corrected chi connectivity index (χ4v) is 3.82. The highest BCUT2D eigenvalue weighted by Gasteiger charge is 2.11. The molecule has 20 heavy (non-hydrogen) atoms. The van der Waals surface area contributed by atoms with E-state index in [4.69, 9.17) is 0 Å². The maximum atomic E-state index is 3.63. The van der Waals surface area contributed by atoms with Crippen molar-refractivity contribution in [3.05, 3.63) is 61.5 Å². The Kier molecular flexibility index (Phi) is 4.92. The molecule has 0 saturated carbocycles. The van der Waals surface area contributed by atoms with Gasteiger partial charge in [-0.2, -0.15) is 0 Å². The average Bonchev–Trinajstić information content (AvgIpc) is 2.36. The van der Waals surface area contributed by atoms with Gasteiger partial charge in [0, 0.05) is 15.0 Å². The molecule has 0 aliphatic heterocycles. The molecule has 2 aromatic rings. The Morgan fingerprint density at radius 1 is 0.900 bits per heavy atom. The quantitative estimate of drug-likeness (QED) is 0.640. The summed E-state index contributed by atoms with van der Waals surface area (Å²) in [7, 11) is 0. The smallest absolute Gasteiger partial charge is 0.0633 e. The average molecular weight is 397 g/mol. The maximum absolute atomic E-state index is 3.63. The number of aryl methyl sites for hydroxylation is 3. The molecule has 1 atom stereocenters. The van der Waals surface area contributed by atoms with Gasteiger partial charge in [0.1, 0.15) is 0 Å². The van der Waals surface area contributed by atoms with Crippen molar-refractivity contribution in [3.8, 4) is 0 Å². The molecule has 0 saturated heterocycles. The molecule has 106 valence electrons. The third-order valence-electron chi connectivity index (χ3n) is 3.58. The lowest BCUT2D eigenvalue weighted by atomic mass is 10.0. The Hall–Kier alpha value is -0.800. The Labute approximate surface area is 138 Å². The molecule has 0 aromatic heterocycles. The van der Waals surface area contributed by atoms with Crippen molar-refractivity contribution in [2.75, 3.05) is 5.32 Å². The Morgan fingerprint density at radius 3 is 2.05 bits per heavy atom. The van der Waals surface area contributed by atoms with Crippen molar-refractivity contribution in [3.63, 3.8) is 0 Å². The number of hydrogen-bond acceptors (Lipinski definition) is 1. The second-order valence-electron chi connectivity index (χ2n) is 5.31. The first-order valence-electron chi connectivity index (χ1n) is 6.68. The van der Waals surface area contributed by atoms with Gasteiger partial charge in [-0.15, -0.1) is 0 Å². The minimum atomic E-state index is 0.254. The van der Waals surface area contributed by atoms with Crippen LogP contribution in [0.3, 0.4) is 0 Å². The van der Waals surface area contributed by atoms with Crippen molar-refractivity contribution < 1.29 is 0 Å². The molecular formula is C17H19Br2N. The number of benzene rings is 2. The van der Waals surface area contributed by atoms with Gasteiger partial charge in [-0.1, -0.05) is 18.2 Å². The molecule has 1 N–H and O–H groups in total. The summed E-state index contributed by atoms with van der Waals surface area (Å²) < 4.78 is 2.17. The molecule has 1 nitrogen and oxygen atoms in total. The minimum absolute atomic E-state index is 0.254. The summed E-state index contributed by atoms with van der Waals surface area (Å²) in [6, 6.07) is 11.1. The van der Waals surface area contributed by atoms with Gasteiger partial charge >= 0.3 is 0 Å². The van der Waals surface area contributed by atoms with E-state index < -0.39 is 0 Å². The van der Waals surface area contributed by atoms with Crippen LogP contribution in [-0.2, 0) is 0 Å². The van der Waals surface area contributed by atoms with Gasteiger partial charge in [0.2, 0.25) is 0 Å². The predicted molar refractivity (Wildman–Crippen MR) is 94.5 cm³/mol. The summed E-state index contributed by atoms with van der Waals surface area (Å²) in [5.74, 6) is 0. The van der Waals surface area contributed by atoms with Crippen LogP contribution in [0.25, 0.3) is 0 Å². The fourth-order valence-electron chi connectivity index (χ4n) is 2.17. The summed E-state index contributed by atoms with van der Waals surface area (Å²) in [6.07, 6.45) is 0. The largest absolute Gasteiger partial charge is 0.377 e. The SMILES string of the molecule is Cc1cc(Br)c(NC(C)c2ccc(C)c(C)c2)c(Br)c1. The molecule has 3 heteroatoms. The summed E-state index contributed by atoms with van der Waals surface area (Å²) in [6.45, 7) is 8.57. The zero-order valence-electron chi connectivity index (χ0n) is 12.2. The molecule has 0 bridgehead atoms. The number of rotatable bonds is 3. The molecule has 0 aliphatic carbocycles. The normalized spacial score (nSPS) is 12.3. The van der Waals surface area contributed by atoms with Crippen LogP contribution < -0.4 is 5.32 Å². The summed E-state index contributed by atoms with van der Waals surface area (Å²) in [5, 5.41) is 3.57. The summed E-state index contributed by atoms with van der Waals surface area (Å²) in [4.78, 5) is 0. The van der Waals surface area contributed by atoms with Gasteiger partial charge in [-0.05, 0) is 93.9 Å². The molecule has 0 aliphatic rings. The first kappa shape index (κ1) is 15.6. The monoisotopic (exact) mass is 395 g/mol. The summed E-state index contributed by atoms with van der Waals surface area (Å²) >= 11 is 7.27. The van der Waals surface area contributed by atoms with E-state index in [0.717, 1.165) is 14.6 Å². The molecular weight excluding hydrogens is 378 g/mol. The van der Waals surface area contributed by atoms with Crippen LogP contribution in [0.2, 0.25) is 0 Å². The molecule has 0 spiro atoms. The number of anilines is 1. The van der Waals surface area contributed by atoms with E-state index in [1.165, 1.54) is 22.3 Å². The Morgan fingerprint density at radius 2 is 1.50 bits per heavy atom. The van der Waals surface area contributed by atoms with Crippen LogP contribution in [0.1, 0.15) is 35.2 Å². The van der Waals surface area contributed by atoms with E-state index in [2.05, 4.69) is 95.2 Å². The summed E-state index contributed by atoms with van der Waals surface area (Å²) in [5.41, 5.74) is 6.29. The lowest BCUT2D eigenvalue weighted by Gasteiger charge is -2.19. The molecule has 1 unspecified atom stereocenters. The topological polar surface area (TPSA) is 12.0 Å². The van der Waals surface area contributed by atoms with E-state index >= 15 is 0 Å². The molecule has 2 aromatic carbocycles. The van der Waals surface area contributed by atoms with Crippen LogP contribution >= 0.6 is 31.9 Å². The van der Waals surface area contributed by atoms with Gasteiger partial charge in [-0.3, -0.25) is 0 Å². The van der Waals surface area contributed by atoms with E-state index in [0.29, 0.717) is 0 Å². The van der Waals surface area contributed by atoms with Crippen LogP contribution in [0.15, 0.2) is 39.3 Å². The highest BCUT2D eigenvalue weighted by atomic mass is 79.9. The van der Waals surface area contributed by atoms with Gasteiger partial charge in [0.25, 0.3) is 0 Å². The van der Waals surface area contributed by atoms with Gasteiger partial charge in [-0.25, -0.2) is 0 Å². The second-order valence-corrected chi connectivity index (χ2v) is 7.02. The first-order valence-corrected chi connectivity index (χ1v) is 8.26. The van der Waals surface area contributed by atoms with Crippen molar-refractivity contribution in [2.45, 2.75) is 33.7 Å². The van der Waals surface area contributed by atoms with Crippen LogP contribution in [0.5, 0.6) is 0 Å². The van der Waals surface area contributed by atoms with Gasteiger partial charge in [0.15, 0.2) is 0 Å². The van der Waals surface area contributed by atoms with Gasteiger partial charge in [0.05, 0.1) is 5.69 Å². The van der Waals surface area contributed by atoms with Crippen LogP contribution in [-0.4, -0.2) is 0 Å². The lowest BCUT2D eigenvalue weighted by molar-refractivity contribution is 0.879. The Bertz CT molecular complexity index is 612. The van der Waals surface area contributed by atoms with E-state index in [1.807, 2.05) is 0 Å². The second kappa shape index (κ2) is 6.31. The van der Waals surface area contributed by atoms with E-state index in [9.17, 15) is 0 Å². The third-order valence-corrected chi connectivity index (χ3v) is 4.83.